The molecule has 2 N–H and O–H groups in total. The van der Waals surface area contributed by atoms with Gasteiger partial charge in [-0.05, 0) is 29.2 Å². The normalized spacial score (nSPS) is 11.3. The second-order valence-electron chi connectivity index (χ2n) is 5.61. The van der Waals surface area contributed by atoms with Gasteiger partial charge in [0.1, 0.15) is 18.2 Å². The van der Waals surface area contributed by atoms with Crippen molar-refractivity contribution < 1.29 is 4.74 Å². The van der Waals surface area contributed by atoms with Crippen LogP contribution in [0.5, 0.6) is 5.75 Å². The topological polar surface area (TPSA) is 48.1 Å². The zero-order valence-corrected chi connectivity index (χ0v) is 11.7. The van der Waals surface area contributed by atoms with Gasteiger partial charge in [-0.25, -0.2) is 4.98 Å². The Morgan fingerprint density at radius 2 is 1.95 bits per heavy atom. The molecule has 0 aliphatic carbocycles. The van der Waals surface area contributed by atoms with Gasteiger partial charge in [0.25, 0.3) is 0 Å². The number of pyridine rings is 1. The minimum absolute atomic E-state index is 0.118. The van der Waals surface area contributed by atoms with E-state index in [-0.39, 0.29) is 5.41 Å². The second kappa shape index (κ2) is 5.31. The first-order valence-electron chi connectivity index (χ1n) is 6.39. The Morgan fingerprint density at radius 3 is 2.63 bits per heavy atom. The fourth-order valence-corrected chi connectivity index (χ4v) is 1.79. The first-order valence-corrected chi connectivity index (χ1v) is 6.39. The lowest BCUT2D eigenvalue weighted by Crippen LogP contribution is -2.11. The third kappa shape index (κ3) is 3.47. The lowest BCUT2D eigenvalue weighted by atomic mass is 9.87. The highest BCUT2D eigenvalue weighted by atomic mass is 16.5. The predicted molar refractivity (Wildman–Crippen MR) is 78.1 cm³/mol. The summed E-state index contributed by atoms with van der Waals surface area (Å²) in [7, 11) is 0. The zero-order chi connectivity index (χ0) is 13.9. The molecule has 19 heavy (non-hydrogen) atoms. The molecule has 0 amide bonds. The molecule has 2 aromatic rings. The lowest BCUT2D eigenvalue weighted by Gasteiger charge is -2.19. The van der Waals surface area contributed by atoms with Crippen LogP contribution in [0.15, 0.2) is 42.6 Å². The molecule has 1 aromatic heterocycles. The van der Waals surface area contributed by atoms with Crippen molar-refractivity contribution in [2.45, 2.75) is 32.8 Å². The van der Waals surface area contributed by atoms with Gasteiger partial charge >= 0.3 is 0 Å². The monoisotopic (exact) mass is 256 g/mol. The highest BCUT2D eigenvalue weighted by Gasteiger charge is 2.13. The molecule has 0 radical (unpaired) electrons. The number of aromatic nitrogens is 1. The molecule has 3 nitrogen and oxygen atoms in total. The van der Waals surface area contributed by atoms with Gasteiger partial charge in [0.2, 0.25) is 0 Å². The fraction of sp³-hybridized carbons (Fsp3) is 0.312. The van der Waals surface area contributed by atoms with E-state index in [0.717, 1.165) is 11.3 Å². The first kappa shape index (κ1) is 13.4. The van der Waals surface area contributed by atoms with Crippen molar-refractivity contribution in [1.29, 1.82) is 0 Å². The van der Waals surface area contributed by atoms with Crippen molar-refractivity contribution in [2.24, 2.45) is 0 Å². The smallest absolute Gasteiger partial charge is 0.129 e. The largest absolute Gasteiger partial charge is 0.489 e. The van der Waals surface area contributed by atoms with Crippen LogP contribution < -0.4 is 10.5 Å². The van der Waals surface area contributed by atoms with Crippen LogP contribution in [0.1, 0.15) is 31.9 Å². The molecule has 0 bridgehead atoms. The van der Waals surface area contributed by atoms with Gasteiger partial charge in [-0.2, -0.15) is 0 Å². The molecule has 1 aromatic carbocycles. The number of hydrogen-bond donors (Lipinski definition) is 1. The van der Waals surface area contributed by atoms with Gasteiger partial charge in [0, 0.05) is 11.8 Å². The van der Waals surface area contributed by atoms with Gasteiger partial charge < -0.3 is 10.5 Å². The summed E-state index contributed by atoms with van der Waals surface area (Å²) in [5.74, 6) is 1.38. The number of ether oxygens (including phenoxy) is 1. The molecule has 1 heterocycles. The summed E-state index contributed by atoms with van der Waals surface area (Å²) in [4.78, 5) is 4.05. The van der Waals surface area contributed by atoms with Crippen molar-refractivity contribution >= 4 is 5.82 Å². The van der Waals surface area contributed by atoms with E-state index >= 15 is 0 Å². The molecular weight excluding hydrogens is 236 g/mol. The maximum absolute atomic E-state index is 5.79. The first-order chi connectivity index (χ1) is 8.97. The molecule has 0 saturated heterocycles. The van der Waals surface area contributed by atoms with Crippen molar-refractivity contribution in [2.75, 3.05) is 5.73 Å². The molecule has 0 aliphatic rings. The number of nitrogens with two attached hydrogens (primary N) is 1. The van der Waals surface area contributed by atoms with Crippen LogP contribution in [0.2, 0.25) is 0 Å². The Bertz CT molecular complexity index is 559. The Hall–Kier alpha value is -2.03. The summed E-state index contributed by atoms with van der Waals surface area (Å²) in [5, 5.41) is 0. The Balaban J connectivity index is 2.10. The molecule has 0 aliphatic heterocycles. The molecule has 2 rings (SSSR count). The van der Waals surface area contributed by atoms with Crippen LogP contribution in [0.25, 0.3) is 0 Å². The van der Waals surface area contributed by atoms with Crippen molar-refractivity contribution in [3.8, 4) is 5.75 Å². The molecule has 0 saturated carbocycles. The van der Waals surface area contributed by atoms with Gasteiger partial charge in [-0.3, -0.25) is 0 Å². The number of hydrogen-bond acceptors (Lipinski definition) is 3. The number of anilines is 1. The maximum atomic E-state index is 5.79. The van der Waals surface area contributed by atoms with Crippen LogP contribution in [0.3, 0.4) is 0 Å². The molecule has 0 unspecified atom stereocenters. The average Bonchev–Trinajstić information content (AvgIpc) is 2.37. The van der Waals surface area contributed by atoms with E-state index in [1.807, 2.05) is 24.3 Å². The molecule has 0 fully saturated rings. The average molecular weight is 256 g/mol. The van der Waals surface area contributed by atoms with Gasteiger partial charge in [-0.1, -0.05) is 39.0 Å². The molecule has 0 atom stereocenters. The van der Waals surface area contributed by atoms with Crippen LogP contribution in [0, 0.1) is 0 Å². The maximum Gasteiger partial charge on any atom is 0.129 e. The van der Waals surface area contributed by atoms with Crippen molar-refractivity contribution in [3.63, 3.8) is 0 Å². The highest BCUT2D eigenvalue weighted by Crippen LogP contribution is 2.26. The summed E-state index contributed by atoms with van der Waals surface area (Å²) in [6, 6.07) is 12.0. The van der Waals surface area contributed by atoms with E-state index in [0.29, 0.717) is 12.4 Å². The van der Waals surface area contributed by atoms with Gasteiger partial charge in [-0.15, -0.1) is 0 Å². The Morgan fingerprint density at radius 1 is 1.16 bits per heavy atom. The lowest BCUT2D eigenvalue weighted by molar-refractivity contribution is 0.305. The number of benzene rings is 1. The third-order valence-corrected chi connectivity index (χ3v) is 3.02. The standard InChI is InChI=1S/C16H20N2O/c1-16(2,3)13-7-4-8-14(10-13)19-11-12-6-5-9-18-15(12)17/h4-10H,11H2,1-3H3,(H2,17,18). The van der Waals surface area contributed by atoms with E-state index in [1.54, 1.807) is 6.20 Å². The fourth-order valence-electron chi connectivity index (χ4n) is 1.79. The van der Waals surface area contributed by atoms with Gasteiger partial charge in [0.15, 0.2) is 0 Å². The summed E-state index contributed by atoms with van der Waals surface area (Å²) < 4.78 is 5.79. The van der Waals surface area contributed by atoms with E-state index < -0.39 is 0 Å². The summed E-state index contributed by atoms with van der Waals surface area (Å²) in [5.41, 5.74) is 8.07. The Labute approximate surface area is 114 Å². The number of nitrogens with zero attached hydrogens (tertiary/aromatic N) is 1. The van der Waals surface area contributed by atoms with E-state index in [1.165, 1.54) is 5.56 Å². The predicted octanol–water partition coefficient (Wildman–Crippen LogP) is 3.54. The molecule has 100 valence electrons. The summed E-state index contributed by atoms with van der Waals surface area (Å²) in [6.07, 6.45) is 1.68. The van der Waals surface area contributed by atoms with Crippen LogP contribution in [-0.2, 0) is 12.0 Å². The summed E-state index contributed by atoms with van der Waals surface area (Å²) in [6.45, 7) is 6.99. The number of nitrogen functional groups attached to an aromatic ring is 1. The molecule has 0 spiro atoms. The minimum Gasteiger partial charge on any atom is -0.489 e. The Kier molecular flexibility index (Phi) is 3.74. The van der Waals surface area contributed by atoms with Crippen LogP contribution >= 0.6 is 0 Å². The minimum atomic E-state index is 0.118. The summed E-state index contributed by atoms with van der Waals surface area (Å²) >= 11 is 0. The SMILES string of the molecule is CC(C)(C)c1cccc(OCc2cccnc2N)c1. The highest BCUT2D eigenvalue weighted by molar-refractivity contribution is 5.38. The van der Waals surface area contributed by atoms with Crippen LogP contribution in [0.4, 0.5) is 5.82 Å². The third-order valence-electron chi connectivity index (χ3n) is 3.02. The van der Waals surface area contributed by atoms with Gasteiger partial charge in [0.05, 0.1) is 0 Å². The van der Waals surface area contributed by atoms with E-state index in [2.05, 4.69) is 37.9 Å². The zero-order valence-electron chi connectivity index (χ0n) is 11.7. The van der Waals surface area contributed by atoms with E-state index in [9.17, 15) is 0 Å². The molecule has 3 heteroatoms. The van der Waals surface area contributed by atoms with E-state index in [4.69, 9.17) is 10.5 Å². The molecular formula is C16H20N2O. The number of rotatable bonds is 3. The van der Waals surface area contributed by atoms with Crippen molar-refractivity contribution in [1.82, 2.24) is 4.98 Å². The van der Waals surface area contributed by atoms with Crippen LogP contribution in [-0.4, -0.2) is 4.98 Å². The second-order valence-corrected chi connectivity index (χ2v) is 5.61. The van der Waals surface area contributed by atoms with Crippen molar-refractivity contribution in [3.05, 3.63) is 53.7 Å². The quantitative estimate of drug-likeness (QED) is 0.913.